The van der Waals surface area contributed by atoms with Crippen molar-refractivity contribution >= 4 is 17.5 Å². The van der Waals surface area contributed by atoms with Gasteiger partial charge in [-0.05, 0) is 85.8 Å². The molecule has 0 aliphatic heterocycles. The van der Waals surface area contributed by atoms with Crippen LogP contribution in [-0.2, 0) is 19.1 Å². The first-order valence-corrected chi connectivity index (χ1v) is 13.4. The second-order valence-corrected chi connectivity index (χ2v) is 11.8. The van der Waals surface area contributed by atoms with Gasteiger partial charge in [0.2, 0.25) is 0 Å². The molecule has 0 saturated heterocycles. The molecule has 0 radical (unpaired) electrons. The normalized spacial score (nSPS) is 38.6. The average Bonchev–Trinajstić information content (AvgIpc) is 3.14. The van der Waals surface area contributed by atoms with Crippen LogP contribution in [0.25, 0.3) is 0 Å². The van der Waals surface area contributed by atoms with Gasteiger partial charge < -0.3 is 4.74 Å². The summed E-state index contributed by atoms with van der Waals surface area (Å²) in [5.74, 6) is 0.631. The highest BCUT2D eigenvalue weighted by Crippen LogP contribution is 2.67. The number of carbonyl (C=O) groups is 3. The number of ether oxygens (including phenoxy) is 1. The van der Waals surface area contributed by atoms with Gasteiger partial charge in [0.25, 0.3) is 0 Å². The van der Waals surface area contributed by atoms with Crippen LogP contribution in [-0.4, -0.2) is 23.1 Å². The Morgan fingerprint density at radius 2 is 1.77 bits per heavy atom. The zero-order valence-corrected chi connectivity index (χ0v) is 21.5. The molecule has 186 valence electrons. The molecule has 0 heterocycles. The zero-order chi connectivity index (χ0) is 25.0. The smallest absolute Gasteiger partial charge is 0.314 e. The lowest BCUT2D eigenvalue weighted by molar-refractivity contribution is -0.188. The molecule has 4 aliphatic rings. The summed E-state index contributed by atoms with van der Waals surface area (Å²) in [4.78, 5) is 39.0. The van der Waals surface area contributed by atoms with Crippen molar-refractivity contribution in [2.24, 2.45) is 28.6 Å². The lowest BCUT2D eigenvalue weighted by Gasteiger charge is -2.57. The number of hydrogen-bond acceptors (Lipinski definition) is 4. The average molecular weight is 475 g/mol. The Bertz CT molecular complexity index is 1100. The number of Topliss-reactive ketones (excluding diaryl/α,β-unsaturated/α-hetero) is 1. The van der Waals surface area contributed by atoms with Gasteiger partial charge in [-0.3, -0.25) is 14.4 Å². The van der Waals surface area contributed by atoms with Crippen LogP contribution in [0.1, 0.15) is 84.1 Å². The van der Waals surface area contributed by atoms with Crippen LogP contribution in [0, 0.1) is 28.6 Å². The molecule has 0 spiro atoms. The highest BCUT2D eigenvalue weighted by atomic mass is 16.6. The predicted molar refractivity (Wildman–Crippen MR) is 136 cm³/mol. The van der Waals surface area contributed by atoms with Crippen LogP contribution >= 0.6 is 0 Å². The van der Waals surface area contributed by atoms with Gasteiger partial charge >= 0.3 is 5.97 Å². The first-order chi connectivity index (χ1) is 16.7. The summed E-state index contributed by atoms with van der Waals surface area (Å²) in [6, 6.07) is 9.76. The van der Waals surface area contributed by atoms with Crippen molar-refractivity contribution in [3.8, 4) is 0 Å². The van der Waals surface area contributed by atoms with Gasteiger partial charge in [-0.2, -0.15) is 0 Å². The van der Waals surface area contributed by atoms with E-state index >= 15 is 0 Å². The standard InChI is InChI=1S/C31H38O4/c1-5-24(21-9-7-6-8-10-21)28(34)35-31(20(2)32)18-15-27-25-12-11-22-19-23(33)13-16-29(22,3)26(25)14-17-30(27,31)4/h6-12,19,24-27H,5,13-18H2,1-4H3/t24?,25?,26?,27?,29-,30-,31-/m0/s1. The SMILES string of the molecule is CCC(C(=O)O[C@]1(C(C)=O)CCC2C3C=CC4=CC(=O)CC[C@]4(C)C3CC[C@@]21C)c1ccccc1. The van der Waals surface area contributed by atoms with Gasteiger partial charge in [0, 0.05) is 11.8 Å². The van der Waals surface area contributed by atoms with Crippen molar-refractivity contribution < 1.29 is 19.1 Å². The number of ketones is 2. The number of rotatable bonds is 5. The Morgan fingerprint density at radius 3 is 2.46 bits per heavy atom. The molecule has 35 heavy (non-hydrogen) atoms. The van der Waals surface area contributed by atoms with Crippen molar-refractivity contribution in [1.29, 1.82) is 0 Å². The van der Waals surface area contributed by atoms with Crippen molar-refractivity contribution in [2.45, 2.75) is 84.2 Å². The lowest BCUT2D eigenvalue weighted by Crippen LogP contribution is -2.58. The van der Waals surface area contributed by atoms with E-state index in [9.17, 15) is 14.4 Å². The van der Waals surface area contributed by atoms with E-state index in [0.29, 0.717) is 31.1 Å². The molecule has 7 atom stereocenters. The minimum Gasteiger partial charge on any atom is -0.450 e. The topological polar surface area (TPSA) is 60.4 Å². The van der Waals surface area contributed by atoms with E-state index in [2.05, 4.69) is 26.0 Å². The molecule has 4 unspecified atom stereocenters. The fourth-order valence-electron chi connectivity index (χ4n) is 8.28. The van der Waals surface area contributed by atoms with Gasteiger partial charge in [-0.15, -0.1) is 0 Å². The number of hydrogen-bond donors (Lipinski definition) is 0. The molecule has 0 bridgehead atoms. The summed E-state index contributed by atoms with van der Waals surface area (Å²) in [6.45, 7) is 8.14. The van der Waals surface area contributed by atoms with Crippen LogP contribution in [0.15, 0.2) is 54.1 Å². The van der Waals surface area contributed by atoms with E-state index in [1.165, 1.54) is 5.57 Å². The molecular formula is C31H38O4. The van der Waals surface area contributed by atoms with E-state index < -0.39 is 11.0 Å². The second kappa shape index (κ2) is 8.57. The van der Waals surface area contributed by atoms with Crippen LogP contribution < -0.4 is 0 Å². The van der Waals surface area contributed by atoms with E-state index in [4.69, 9.17) is 4.74 Å². The number of esters is 1. The lowest BCUT2D eigenvalue weighted by atomic mass is 9.48. The van der Waals surface area contributed by atoms with Crippen molar-refractivity contribution in [3.63, 3.8) is 0 Å². The third-order valence-electron chi connectivity index (χ3n) is 10.4. The Hall–Kier alpha value is -2.49. The minimum atomic E-state index is -1.07. The molecule has 5 rings (SSSR count). The Morgan fingerprint density at radius 1 is 1.06 bits per heavy atom. The predicted octanol–water partition coefficient (Wildman–Crippen LogP) is 6.36. The summed E-state index contributed by atoms with van der Waals surface area (Å²) >= 11 is 0. The first-order valence-electron chi connectivity index (χ1n) is 13.4. The van der Waals surface area contributed by atoms with Gasteiger partial charge in [-0.25, -0.2) is 0 Å². The van der Waals surface area contributed by atoms with Crippen molar-refractivity contribution in [3.05, 3.63) is 59.7 Å². The number of allylic oxidation sites excluding steroid dienone is 4. The van der Waals surface area contributed by atoms with Crippen molar-refractivity contribution in [1.82, 2.24) is 0 Å². The zero-order valence-electron chi connectivity index (χ0n) is 21.5. The number of carbonyl (C=O) groups excluding carboxylic acids is 3. The third kappa shape index (κ3) is 3.50. The second-order valence-electron chi connectivity index (χ2n) is 11.8. The molecule has 0 amide bonds. The highest BCUT2D eigenvalue weighted by molar-refractivity contribution is 5.92. The van der Waals surface area contributed by atoms with E-state index in [1.54, 1.807) is 6.92 Å². The van der Waals surface area contributed by atoms with Crippen LogP contribution in [0.5, 0.6) is 0 Å². The quantitative estimate of drug-likeness (QED) is 0.466. The van der Waals surface area contributed by atoms with Gasteiger partial charge in [0.15, 0.2) is 17.2 Å². The summed E-state index contributed by atoms with van der Waals surface area (Å²) in [6.07, 6.45) is 11.8. The molecule has 0 aromatic heterocycles. The molecule has 4 aliphatic carbocycles. The number of benzene rings is 1. The Kier molecular flexibility index (Phi) is 5.93. The largest absolute Gasteiger partial charge is 0.450 e. The first kappa shape index (κ1) is 24.2. The molecule has 2 fully saturated rings. The maximum absolute atomic E-state index is 13.6. The van der Waals surface area contributed by atoms with Gasteiger partial charge in [0.1, 0.15) is 0 Å². The van der Waals surface area contributed by atoms with Gasteiger partial charge in [-0.1, -0.05) is 63.3 Å². The van der Waals surface area contributed by atoms with Crippen molar-refractivity contribution in [2.75, 3.05) is 0 Å². The molecule has 1 aromatic rings. The summed E-state index contributed by atoms with van der Waals surface area (Å²) < 4.78 is 6.40. The highest BCUT2D eigenvalue weighted by Gasteiger charge is 2.67. The van der Waals surface area contributed by atoms with E-state index in [0.717, 1.165) is 31.2 Å². The van der Waals surface area contributed by atoms with E-state index in [1.807, 2.05) is 43.3 Å². The monoisotopic (exact) mass is 474 g/mol. The fourth-order valence-corrected chi connectivity index (χ4v) is 8.28. The Balaban J connectivity index is 1.47. The van der Waals surface area contributed by atoms with E-state index in [-0.39, 0.29) is 34.8 Å². The molecule has 4 nitrogen and oxygen atoms in total. The number of fused-ring (bicyclic) bond motifs is 5. The maximum atomic E-state index is 13.6. The van der Waals surface area contributed by atoms with Crippen LogP contribution in [0.3, 0.4) is 0 Å². The molecule has 1 aromatic carbocycles. The summed E-state index contributed by atoms with van der Waals surface area (Å²) in [5.41, 5.74) is 0.658. The minimum absolute atomic E-state index is 0.00736. The third-order valence-corrected chi connectivity index (χ3v) is 10.4. The molecule has 2 saturated carbocycles. The maximum Gasteiger partial charge on any atom is 0.314 e. The molecular weight excluding hydrogens is 436 g/mol. The van der Waals surface area contributed by atoms with Gasteiger partial charge in [0.05, 0.1) is 5.92 Å². The summed E-state index contributed by atoms with van der Waals surface area (Å²) in [5, 5.41) is 0. The fraction of sp³-hybridized carbons (Fsp3) is 0.581. The van der Waals surface area contributed by atoms with Crippen LogP contribution in [0.4, 0.5) is 0 Å². The summed E-state index contributed by atoms with van der Waals surface area (Å²) in [7, 11) is 0. The molecule has 0 N–H and O–H groups in total. The Labute approximate surface area is 209 Å². The van der Waals surface area contributed by atoms with Crippen LogP contribution in [0.2, 0.25) is 0 Å². The molecule has 4 heteroatoms.